The number of unbranched alkanes of at least 4 members (excludes halogenated alkanes) is 5. The van der Waals surface area contributed by atoms with Crippen LogP contribution < -0.4 is 10.6 Å². The summed E-state index contributed by atoms with van der Waals surface area (Å²) in [6.45, 7) is 8.03. The number of nitrogens with one attached hydrogen (secondary N) is 2. The van der Waals surface area contributed by atoms with Gasteiger partial charge in [-0.2, -0.15) is 11.8 Å². The highest BCUT2D eigenvalue weighted by atomic mass is 32.2. The SMILES string of the molecule is CCCCCCCCN(C(=O)C(CCSC)NC(=O)OC(C)(C)C)C(C(=O)NCc1ccccc1)c1ccccc1O. The summed E-state index contributed by atoms with van der Waals surface area (Å²) in [7, 11) is 0. The third-order valence-corrected chi connectivity index (χ3v) is 7.38. The van der Waals surface area contributed by atoms with Crippen LogP contribution in [0.4, 0.5) is 4.79 Å². The van der Waals surface area contributed by atoms with E-state index in [1.165, 1.54) is 11.0 Å². The van der Waals surface area contributed by atoms with Gasteiger partial charge in [-0.05, 0) is 57.3 Å². The van der Waals surface area contributed by atoms with Gasteiger partial charge in [0.1, 0.15) is 23.4 Å². The Labute approximate surface area is 256 Å². The summed E-state index contributed by atoms with van der Waals surface area (Å²) in [4.78, 5) is 42.5. The summed E-state index contributed by atoms with van der Waals surface area (Å²) >= 11 is 1.57. The fourth-order valence-electron chi connectivity index (χ4n) is 4.62. The van der Waals surface area contributed by atoms with Crippen molar-refractivity contribution in [2.75, 3.05) is 18.6 Å². The Morgan fingerprint density at radius 2 is 1.60 bits per heavy atom. The van der Waals surface area contributed by atoms with Crippen LogP contribution in [0.2, 0.25) is 0 Å². The molecule has 2 aromatic rings. The summed E-state index contributed by atoms with van der Waals surface area (Å²) in [6.07, 6.45) is 7.64. The molecule has 0 heterocycles. The zero-order valence-corrected chi connectivity index (χ0v) is 26.7. The first-order chi connectivity index (χ1) is 20.1. The summed E-state index contributed by atoms with van der Waals surface area (Å²) in [6, 6.07) is 14.2. The molecule has 2 aromatic carbocycles. The number of phenols is 1. The van der Waals surface area contributed by atoms with Crippen molar-refractivity contribution in [1.82, 2.24) is 15.5 Å². The smallest absolute Gasteiger partial charge is 0.408 e. The van der Waals surface area contributed by atoms with Crippen molar-refractivity contribution in [2.45, 2.75) is 96.9 Å². The van der Waals surface area contributed by atoms with Gasteiger partial charge in [-0.3, -0.25) is 9.59 Å². The van der Waals surface area contributed by atoms with Crippen LogP contribution in [-0.2, 0) is 20.9 Å². The summed E-state index contributed by atoms with van der Waals surface area (Å²) in [5.41, 5.74) is 0.522. The second-order valence-electron chi connectivity index (χ2n) is 11.4. The van der Waals surface area contributed by atoms with Crippen LogP contribution in [0.3, 0.4) is 0 Å². The van der Waals surface area contributed by atoms with E-state index in [4.69, 9.17) is 4.74 Å². The van der Waals surface area contributed by atoms with Gasteiger partial charge >= 0.3 is 6.09 Å². The predicted molar refractivity (Wildman–Crippen MR) is 170 cm³/mol. The molecule has 2 rings (SSSR count). The number of hydrogen-bond acceptors (Lipinski definition) is 6. The minimum atomic E-state index is -1.09. The molecule has 0 fully saturated rings. The maximum Gasteiger partial charge on any atom is 0.408 e. The highest BCUT2D eigenvalue weighted by Gasteiger charge is 2.37. The normalized spacial score (nSPS) is 12.7. The van der Waals surface area contributed by atoms with Crippen molar-refractivity contribution < 1.29 is 24.2 Å². The van der Waals surface area contributed by atoms with E-state index < -0.39 is 29.7 Å². The number of rotatable bonds is 17. The summed E-state index contributed by atoms with van der Waals surface area (Å²) in [5.74, 6) is -0.232. The number of alkyl carbamates (subject to hydrolysis) is 1. The van der Waals surface area contributed by atoms with Gasteiger partial charge in [0.2, 0.25) is 11.8 Å². The van der Waals surface area contributed by atoms with Gasteiger partial charge in [-0.1, -0.05) is 87.6 Å². The van der Waals surface area contributed by atoms with E-state index in [1.54, 1.807) is 50.7 Å². The van der Waals surface area contributed by atoms with Crippen LogP contribution in [0.15, 0.2) is 54.6 Å². The topological polar surface area (TPSA) is 108 Å². The number of amides is 3. The maximum absolute atomic E-state index is 14.3. The van der Waals surface area contributed by atoms with Gasteiger partial charge in [0.05, 0.1) is 0 Å². The quantitative estimate of drug-likeness (QED) is 0.177. The predicted octanol–water partition coefficient (Wildman–Crippen LogP) is 6.59. The van der Waals surface area contributed by atoms with Crippen LogP contribution in [0.25, 0.3) is 0 Å². The average molecular weight is 600 g/mol. The van der Waals surface area contributed by atoms with E-state index >= 15 is 0 Å². The van der Waals surface area contributed by atoms with Gasteiger partial charge in [0, 0.05) is 18.7 Å². The van der Waals surface area contributed by atoms with E-state index in [9.17, 15) is 19.5 Å². The van der Waals surface area contributed by atoms with Crippen LogP contribution in [-0.4, -0.2) is 58.1 Å². The molecule has 232 valence electrons. The number of thioether (sulfide) groups is 1. The standard InChI is InChI=1S/C33H49N3O5S/c1-6-7-8-9-10-16-22-36(31(39)27(21-23-42-5)35-32(40)41-33(2,3)4)29(26-19-14-15-20-28(26)37)30(38)34-24-25-17-12-11-13-18-25/h11-15,17-20,27,29,37H,6-10,16,21-24H2,1-5H3,(H,34,38)(H,35,40). The third-order valence-electron chi connectivity index (χ3n) is 6.74. The van der Waals surface area contributed by atoms with E-state index in [-0.39, 0.29) is 18.2 Å². The van der Waals surface area contributed by atoms with Crippen molar-refractivity contribution in [2.24, 2.45) is 0 Å². The molecule has 0 aromatic heterocycles. The third kappa shape index (κ3) is 12.3. The number of ether oxygens (including phenoxy) is 1. The molecule has 0 aliphatic rings. The van der Waals surface area contributed by atoms with E-state index in [2.05, 4.69) is 17.6 Å². The zero-order valence-electron chi connectivity index (χ0n) is 25.9. The van der Waals surface area contributed by atoms with Crippen LogP contribution in [0.5, 0.6) is 5.75 Å². The highest BCUT2D eigenvalue weighted by molar-refractivity contribution is 7.98. The van der Waals surface area contributed by atoms with Crippen LogP contribution >= 0.6 is 11.8 Å². The number of carbonyl (C=O) groups is 3. The maximum atomic E-state index is 14.3. The van der Waals surface area contributed by atoms with Crippen molar-refractivity contribution >= 4 is 29.7 Å². The van der Waals surface area contributed by atoms with Crippen molar-refractivity contribution in [3.63, 3.8) is 0 Å². The molecule has 8 nitrogen and oxygen atoms in total. The minimum absolute atomic E-state index is 0.0705. The van der Waals surface area contributed by atoms with Gasteiger partial charge in [0.25, 0.3) is 0 Å². The molecule has 2 atom stereocenters. The van der Waals surface area contributed by atoms with Crippen molar-refractivity contribution in [3.05, 3.63) is 65.7 Å². The van der Waals surface area contributed by atoms with Crippen LogP contribution in [0, 0.1) is 0 Å². The summed E-state index contributed by atoms with van der Waals surface area (Å²) in [5, 5.41) is 16.6. The van der Waals surface area contributed by atoms with Gasteiger partial charge in [-0.15, -0.1) is 0 Å². The van der Waals surface area contributed by atoms with Crippen molar-refractivity contribution in [3.8, 4) is 5.75 Å². The average Bonchev–Trinajstić information content (AvgIpc) is 2.95. The molecule has 0 spiro atoms. The number of aromatic hydroxyl groups is 1. The lowest BCUT2D eigenvalue weighted by Crippen LogP contribution is -2.53. The summed E-state index contributed by atoms with van der Waals surface area (Å²) < 4.78 is 5.47. The molecule has 0 saturated carbocycles. The highest BCUT2D eigenvalue weighted by Crippen LogP contribution is 2.30. The molecular weight excluding hydrogens is 550 g/mol. The number of nitrogens with zero attached hydrogens (tertiary/aromatic N) is 1. The number of para-hydroxylation sites is 1. The largest absolute Gasteiger partial charge is 0.508 e. The van der Waals surface area contributed by atoms with Crippen molar-refractivity contribution in [1.29, 1.82) is 0 Å². The molecule has 0 aliphatic carbocycles. The molecule has 9 heteroatoms. The molecule has 3 N–H and O–H groups in total. The number of benzene rings is 2. The fraction of sp³-hybridized carbons (Fsp3) is 0.545. The van der Waals surface area contributed by atoms with E-state index in [0.29, 0.717) is 30.7 Å². The molecule has 0 saturated heterocycles. The van der Waals surface area contributed by atoms with E-state index in [1.807, 2.05) is 36.6 Å². The lowest BCUT2D eigenvalue weighted by atomic mass is 10.00. The lowest BCUT2D eigenvalue weighted by Gasteiger charge is -2.35. The number of hydrogen-bond donors (Lipinski definition) is 3. The lowest BCUT2D eigenvalue weighted by molar-refractivity contribution is -0.142. The van der Waals surface area contributed by atoms with E-state index in [0.717, 1.165) is 37.7 Å². The van der Waals surface area contributed by atoms with Gasteiger partial charge < -0.3 is 25.4 Å². The molecule has 42 heavy (non-hydrogen) atoms. The second kappa shape index (κ2) is 18.4. The minimum Gasteiger partial charge on any atom is -0.508 e. The molecule has 0 bridgehead atoms. The first-order valence-electron chi connectivity index (χ1n) is 15.0. The Balaban J connectivity index is 2.44. The molecule has 3 amide bonds. The fourth-order valence-corrected chi connectivity index (χ4v) is 5.09. The van der Waals surface area contributed by atoms with Crippen LogP contribution in [0.1, 0.15) is 89.8 Å². The Morgan fingerprint density at radius 1 is 0.952 bits per heavy atom. The Bertz CT molecular complexity index is 1110. The van der Waals surface area contributed by atoms with Gasteiger partial charge in [0.15, 0.2) is 0 Å². The first-order valence-corrected chi connectivity index (χ1v) is 16.3. The first kappa shape index (κ1) is 35.0. The number of carbonyl (C=O) groups excluding carboxylic acids is 3. The molecular formula is C33H49N3O5S. The molecule has 0 radical (unpaired) electrons. The number of phenolic OH excluding ortho intramolecular Hbond substituents is 1. The Hall–Kier alpha value is -3.20. The molecule has 2 unspecified atom stereocenters. The monoisotopic (exact) mass is 599 g/mol. The Kier molecular flexibility index (Phi) is 15.3. The Morgan fingerprint density at radius 3 is 2.24 bits per heavy atom. The van der Waals surface area contributed by atoms with Gasteiger partial charge in [-0.25, -0.2) is 4.79 Å². The zero-order chi connectivity index (χ0) is 31.0. The molecule has 0 aliphatic heterocycles. The second-order valence-corrected chi connectivity index (χ2v) is 12.4.